The molecular formula is C21H11ClF3N3O2S3. The van der Waals surface area contributed by atoms with E-state index in [2.05, 4.69) is 11.1 Å². The first-order chi connectivity index (χ1) is 15.5. The highest BCUT2D eigenvalue weighted by Crippen LogP contribution is 2.41. The number of primary sulfonamides is 1. The molecule has 1 aromatic heterocycles. The van der Waals surface area contributed by atoms with E-state index in [-0.39, 0.29) is 16.1 Å². The third-order valence-corrected chi connectivity index (χ3v) is 8.10. The average Bonchev–Trinajstić information content (AvgIpc) is 3.15. The van der Waals surface area contributed by atoms with Crippen molar-refractivity contribution in [2.45, 2.75) is 20.3 Å². The second-order valence-corrected chi connectivity index (χ2v) is 11.0. The second-order valence-electron chi connectivity index (χ2n) is 6.78. The molecular weight excluding hydrogens is 515 g/mol. The van der Waals surface area contributed by atoms with Crippen molar-refractivity contribution in [3.63, 3.8) is 0 Å². The number of nitrogens with two attached hydrogens (primary N) is 1. The van der Waals surface area contributed by atoms with E-state index in [0.29, 0.717) is 20.9 Å². The van der Waals surface area contributed by atoms with Crippen LogP contribution in [0.3, 0.4) is 0 Å². The van der Waals surface area contributed by atoms with Crippen molar-refractivity contribution < 1.29 is 21.6 Å². The highest BCUT2D eigenvalue weighted by atomic mass is 35.5. The molecule has 168 valence electrons. The molecule has 0 fully saturated rings. The quantitative estimate of drug-likeness (QED) is 0.337. The van der Waals surface area contributed by atoms with E-state index in [4.69, 9.17) is 22.0 Å². The highest BCUT2D eigenvalue weighted by Gasteiger charge is 2.32. The van der Waals surface area contributed by atoms with Crippen LogP contribution in [-0.4, -0.2) is 13.4 Å². The van der Waals surface area contributed by atoms with Gasteiger partial charge in [0.15, 0.2) is 4.34 Å². The van der Waals surface area contributed by atoms with E-state index in [0.717, 1.165) is 22.3 Å². The minimum absolute atomic E-state index is 0.169. The summed E-state index contributed by atoms with van der Waals surface area (Å²) in [4.78, 5) is 4.62. The van der Waals surface area contributed by atoms with E-state index < -0.39 is 26.7 Å². The number of sulfonamides is 1. The lowest BCUT2D eigenvalue weighted by Gasteiger charge is -2.13. The lowest BCUT2D eigenvalue weighted by Crippen LogP contribution is -2.15. The molecule has 5 nitrogen and oxygen atoms in total. The largest absolute Gasteiger partial charge is 0.416 e. The van der Waals surface area contributed by atoms with Gasteiger partial charge in [0.1, 0.15) is 0 Å². The van der Waals surface area contributed by atoms with E-state index in [1.54, 1.807) is 24.3 Å². The number of hydrogen-bond acceptors (Lipinski definition) is 6. The van der Waals surface area contributed by atoms with Gasteiger partial charge in [-0.05, 0) is 54.1 Å². The molecule has 0 saturated heterocycles. The molecule has 0 unspecified atom stereocenters. The smallest absolute Gasteiger partial charge is 0.229 e. The Morgan fingerprint density at radius 1 is 1.09 bits per heavy atom. The van der Waals surface area contributed by atoms with Gasteiger partial charge < -0.3 is 0 Å². The van der Waals surface area contributed by atoms with Gasteiger partial charge in [0.05, 0.1) is 37.3 Å². The molecule has 0 aliphatic rings. The molecule has 0 spiro atoms. The van der Waals surface area contributed by atoms with Gasteiger partial charge in [0.25, 0.3) is 0 Å². The van der Waals surface area contributed by atoms with Gasteiger partial charge in [-0.1, -0.05) is 29.4 Å². The molecule has 3 aromatic carbocycles. The monoisotopic (exact) mass is 525 g/mol. The van der Waals surface area contributed by atoms with E-state index in [1.807, 2.05) is 0 Å². The summed E-state index contributed by atoms with van der Waals surface area (Å²) in [6.07, 6.45) is -4.66. The number of aromatic nitrogens is 1. The van der Waals surface area contributed by atoms with Crippen LogP contribution in [0.2, 0.25) is 5.02 Å². The summed E-state index contributed by atoms with van der Waals surface area (Å²) in [6.45, 7) is 0. The van der Waals surface area contributed by atoms with Gasteiger partial charge in [0, 0.05) is 10.5 Å². The maximum Gasteiger partial charge on any atom is 0.416 e. The normalized spacial score (nSPS) is 12.1. The van der Waals surface area contributed by atoms with Crippen LogP contribution >= 0.6 is 34.7 Å². The third kappa shape index (κ3) is 5.00. The Kier molecular flexibility index (Phi) is 6.15. The van der Waals surface area contributed by atoms with Crippen LogP contribution in [0.1, 0.15) is 11.1 Å². The van der Waals surface area contributed by atoms with Crippen LogP contribution in [0.15, 0.2) is 68.7 Å². The van der Waals surface area contributed by atoms with E-state index in [1.165, 1.54) is 35.2 Å². The Balaban J connectivity index is 1.73. The summed E-state index contributed by atoms with van der Waals surface area (Å²) < 4.78 is 65.0. The van der Waals surface area contributed by atoms with Gasteiger partial charge >= 0.3 is 6.18 Å². The maximum absolute atomic E-state index is 13.2. The first-order valence-corrected chi connectivity index (χ1v) is 12.5. The number of alkyl halides is 3. The number of nitriles is 1. The van der Waals surface area contributed by atoms with Crippen LogP contribution in [0.25, 0.3) is 21.3 Å². The fourth-order valence-corrected chi connectivity index (χ4v) is 6.15. The average molecular weight is 526 g/mol. The standard InChI is InChI=1S/C21H11ClF3N3O2S3/c22-15-8-12(14-9-13(21(23,24)25)3-6-19(14)33(27,29)30)2-5-17(15)31-20-28-16-4-1-11(10-26)7-18(16)32-20/h1-9H,(H2,27,29,30). The van der Waals surface area contributed by atoms with Crippen molar-refractivity contribution in [3.05, 3.63) is 70.7 Å². The Morgan fingerprint density at radius 3 is 2.48 bits per heavy atom. The Bertz CT molecular complexity index is 1540. The van der Waals surface area contributed by atoms with Gasteiger partial charge in [-0.25, -0.2) is 18.5 Å². The minimum atomic E-state index is -4.66. The zero-order valence-corrected chi connectivity index (χ0v) is 19.4. The SMILES string of the molecule is N#Cc1ccc2nc(Sc3ccc(-c4cc(C(F)(F)F)ccc4S(N)(=O)=O)cc3Cl)sc2c1. The fraction of sp³-hybridized carbons (Fsp3) is 0.0476. The van der Waals surface area contributed by atoms with Crippen molar-refractivity contribution in [2.24, 2.45) is 5.14 Å². The Hall–Kier alpha value is -2.62. The molecule has 0 radical (unpaired) electrons. The molecule has 0 bridgehead atoms. The minimum Gasteiger partial charge on any atom is -0.229 e. The van der Waals surface area contributed by atoms with Crippen LogP contribution in [-0.2, 0) is 16.2 Å². The maximum atomic E-state index is 13.2. The first-order valence-electron chi connectivity index (χ1n) is 8.98. The van der Waals surface area contributed by atoms with Gasteiger partial charge in [-0.15, -0.1) is 11.3 Å². The lowest BCUT2D eigenvalue weighted by molar-refractivity contribution is -0.137. The van der Waals surface area contributed by atoms with Crippen molar-refractivity contribution in [1.29, 1.82) is 5.26 Å². The molecule has 0 atom stereocenters. The first kappa shape index (κ1) is 23.5. The molecule has 2 N–H and O–H groups in total. The Labute approximate surface area is 199 Å². The molecule has 4 rings (SSSR count). The Morgan fingerprint density at radius 2 is 1.85 bits per heavy atom. The predicted octanol–water partition coefficient (Wildman–Crippen LogP) is 6.31. The number of fused-ring (bicyclic) bond motifs is 1. The summed E-state index contributed by atoms with van der Waals surface area (Å²) in [6, 6.07) is 13.9. The number of rotatable bonds is 4. The van der Waals surface area contributed by atoms with Crippen LogP contribution in [0.5, 0.6) is 0 Å². The van der Waals surface area contributed by atoms with Gasteiger partial charge in [-0.3, -0.25) is 0 Å². The highest BCUT2D eigenvalue weighted by molar-refractivity contribution is 8.01. The van der Waals surface area contributed by atoms with E-state index >= 15 is 0 Å². The van der Waals surface area contributed by atoms with E-state index in [9.17, 15) is 21.6 Å². The van der Waals surface area contributed by atoms with Crippen molar-refractivity contribution in [3.8, 4) is 17.2 Å². The summed E-state index contributed by atoms with van der Waals surface area (Å²) in [5.41, 5.74) is 0.191. The molecule has 0 amide bonds. The molecule has 0 aliphatic carbocycles. The predicted molar refractivity (Wildman–Crippen MR) is 122 cm³/mol. The van der Waals surface area contributed by atoms with Crippen LogP contribution in [0, 0.1) is 11.3 Å². The fourth-order valence-electron chi connectivity index (χ4n) is 3.04. The number of hydrogen-bond donors (Lipinski definition) is 1. The molecule has 4 aromatic rings. The van der Waals surface area contributed by atoms with Crippen LogP contribution < -0.4 is 5.14 Å². The van der Waals surface area contributed by atoms with Crippen molar-refractivity contribution in [1.82, 2.24) is 4.98 Å². The zero-order valence-electron chi connectivity index (χ0n) is 16.2. The molecule has 33 heavy (non-hydrogen) atoms. The summed E-state index contributed by atoms with van der Waals surface area (Å²) in [7, 11) is -4.28. The lowest BCUT2D eigenvalue weighted by atomic mass is 10.0. The van der Waals surface area contributed by atoms with Gasteiger partial charge in [0.2, 0.25) is 10.0 Å². The molecule has 12 heteroatoms. The molecule has 0 saturated carbocycles. The summed E-state index contributed by atoms with van der Waals surface area (Å²) in [5, 5.41) is 14.4. The van der Waals surface area contributed by atoms with Crippen molar-refractivity contribution >= 4 is 54.9 Å². The number of nitrogens with zero attached hydrogens (tertiary/aromatic N) is 2. The summed E-state index contributed by atoms with van der Waals surface area (Å²) >= 11 is 8.99. The number of benzene rings is 3. The molecule has 1 heterocycles. The summed E-state index contributed by atoms with van der Waals surface area (Å²) in [5.74, 6) is 0. The van der Waals surface area contributed by atoms with Crippen molar-refractivity contribution in [2.75, 3.05) is 0 Å². The third-order valence-electron chi connectivity index (χ3n) is 4.55. The second kappa shape index (κ2) is 8.62. The van der Waals surface area contributed by atoms with Gasteiger partial charge in [-0.2, -0.15) is 18.4 Å². The number of halogens is 4. The van der Waals surface area contributed by atoms with Crippen LogP contribution in [0.4, 0.5) is 13.2 Å². The topological polar surface area (TPSA) is 96.8 Å². The zero-order chi connectivity index (χ0) is 24.0. The molecule has 0 aliphatic heterocycles. The number of thiazole rings is 1.